The molecule has 6 nitrogen and oxygen atoms in total. The summed E-state index contributed by atoms with van der Waals surface area (Å²) in [5.74, 6) is -0.0146. The summed E-state index contributed by atoms with van der Waals surface area (Å²) >= 11 is 0. The largest absolute Gasteiger partial charge is 0.481 e. The van der Waals surface area contributed by atoms with E-state index in [9.17, 15) is 4.79 Å². The molecule has 4 rings (SSSR count). The second kappa shape index (κ2) is 13.7. The van der Waals surface area contributed by atoms with Crippen molar-refractivity contribution >= 4 is 5.97 Å². The van der Waals surface area contributed by atoms with Crippen LogP contribution in [0.2, 0.25) is 0 Å². The molecule has 0 aromatic rings. The molecule has 2 aliphatic carbocycles. The number of rotatable bonds is 11. The molecule has 2 unspecified atom stereocenters. The molecular weight excluding hydrogens is 468 g/mol. The Balaban J connectivity index is 1.44. The Bertz CT molecular complexity index is 752. The normalized spacial score (nSPS) is 31.4. The Hall–Kier alpha value is -1.21. The van der Waals surface area contributed by atoms with Crippen LogP contribution in [0.1, 0.15) is 104 Å². The van der Waals surface area contributed by atoms with Crippen LogP contribution < -0.4 is 0 Å². The van der Waals surface area contributed by atoms with Crippen molar-refractivity contribution in [3.05, 3.63) is 24.3 Å². The number of ether oxygens (including phenoxy) is 4. The lowest BCUT2D eigenvalue weighted by Gasteiger charge is -2.45. The Morgan fingerprint density at radius 2 is 1.73 bits per heavy atom. The third-order valence-corrected chi connectivity index (χ3v) is 8.77. The third-order valence-electron chi connectivity index (χ3n) is 8.77. The molecule has 1 N–H and O–H groups in total. The number of allylic oxidation sites excluding steroid dienone is 3. The fourth-order valence-electron chi connectivity index (χ4n) is 6.56. The summed E-state index contributed by atoms with van der Waals surface area (Å²) in [6.07, 6.45) is 23.3. The van der Waals surface area contributed by atoms with Crippen molar-refractivity contribution in [3.63, 3.8) is 0 Å². The van der Waals surface area contributed by atoms with E-state index >= 15 is 0 Å². The van der Waals surface area contributed by atoms with Gasteiger partial charge in [0.15, 0.2) is 12.1 Å². The van der Waals surface area contributed by atoms with Gasteiger partial charge in [-0.25, -0.2) is 0 Å². The van der Waals surface area contributed by atoms with E-state index in [1.165, 1.54) is 38.5 Å². The number of carbonyl (C=O) groups is 1. The predicted molar refractivity (Wildman–Crippen MR) is 144 cm³/mol. The average molecular weight is 519 g/mol. The first-order valence-electron chi connectivity index (χ1n) is 15.0. The number of hydrogen-bond acceptors (Lipinski definition) is 5. The zero-order valence-electron chi connectivity index (χ0n) is 23.2. The summed E-state index contributed by atoms with van der Waals surface area (Å²) in [5.41, 5.74) is 0.0420. The SMILES string of the molecule is CC1(C)COC2(CC[C@@H](C=CC(OC3CCCCO3)C3CCCCC3)[C@@H]2CCC=CCCC(=O)O)OC1. The van der Waals surface area contributed by atoms with Gasteiger partial charge in [0, 0.05) is 30.8 Å². The van der Waals surface area contributed by atoms with Gasteiger partial charge in [0.05, 0.1) is 19.3 Å². The fourth-order valence-corrected chi connectivity index (χ4v) is 6.56. The van der Waals surface area contributed by atoms with E-state index in [1.54, 1.807) is 0 Å². The van der Waals surface area contributed by atoms with Crippen molar-refractivity contribution in [2.24, 2.45) is 23.2 Å². The molecule has 4 fully saturated rings. The minimum absolute atomic E-state index is 0.0420. The molecule has 37 heavy (non-hydrogen) atoms. The number of aliphatic carboxylic acids is 1. The van der Waals surface area contributed by atoms with Gasteiger partial charge >= 0.3 is 5.97 Å². The van der Waals surface area contributed by atoms with Gasteiger partial charge in [0.1, 0.15) is 0 Å². The van der Waals surface area contributed by atoms with E-state index in [1.807, 2.05) is 6.08 Å². The first kappa shape index (κ1) is 28.8. The van der Waals surface area contributed by atoms with Gasteiger partial charge in [0.2, 0.25) is 0 Å². The van der Waals surface area contributed by atoms with Crippen molar-refractivity contribution in [1.29, 1.82) is 0 Å². The van der Waals surface area contributed by atoms with Crippen LogP contribution in [0.25, 0.3) is 0 Å². The molecule has 4 atom stereocenters. The second-order valence-electron chi connectivity index (χ2n) is 12.5. The Kier molecular flexibility index (Phi) is 10.7. The first-order chi connectivity index (χ1) is 17.9. The topological polar surface area (TPSA) is 74.2 Å². The highest BCUT2D eigenvalue weighted by molar-refractivity contribution is 5.66. The van der Waals surface area contributed by atoms with Crippen LogP contribution in [-0.2, 0) is 23.7 Å². The highest BCUT2D eigenvalue weighted by Crippen LogP contribution is 2.50. The Morgan fingerprint density at radius 1 is 1.00 bits per heavy atom. The molecule has 0 aromatic heterocycles. The van der Waals surface area contributed by atoms with Crippen LogP contribution in [0.5, 0.6) is 0 Å². The molecule has 0 radical (unpaired) electrons. The second-order valence-corrected chi connectivity index (χ2v) is 12.5. The maximum Gasteiger partial charge on any atom is 0.303 e. The van der Waals surface area contributed by atoms with Crippen LogP contribution in [0.3, 0.4) is 0 Å². The smallest absolute Gasteiger partial charge is 0.303 e. The van der Waals surface area contributed by atoms with Crippen LogP contribution in [-0.4, -0.2) is 49.1 Å². The zero-order valence-corrected chi connectivity index (χ0v) is 23.2. The van der Waals surface area contributed by atoms with Crippen molar-refractivity contribution in [2.45, 2.75) is 122 Å². The summed E-state index contributed by atoms with van der Waals surface area (Å²) in [5, 5.41) is 8.89. The molecule has 2 heterocycles. The minimum atomic E-state index is -0.746. The molecule has 4 aliphatic rings. The predicted octanol–water partition coefficient (Wildman–Crippen LogP) is 7.03. The lowest BCUT2D eigenvalue weighted by atomic mass is 9.83. The number of hydrogen-bond donors (Lipinski definition) is 1. The molecule has 210 valence electrons. The van der Waals surface area contributed by atoms with E-state index in [0.29, 0.717) is 18.3 Å². The van der Waals surface area contributed by atoms with Gasteiger partial charge in [-0.2, -0.15) is 0 Å². The minimum Gasteiger partial charge on any atom is -0.481 e. The summed E-state index contributed by atoms with van der Waals surface area (Å²) in [6, 6.07) is 0. The molecule has 1 spiro atoms. The standard InChI is InChI=1S/C31H50O6/c1-30(2)22-35-31(36-23-30)20-19-24(26(31)14-8-3-4-9-15-28(32)33)17-18-27(25-12-6-5-7-13-25)37-29-16-10-11-21-34-29/h3-4,17-18,24-27,29H,5-16,19-23H2,1-2H3,(H,32,33)/t24-,26+,27?,29?/m1/s1. The van der Waals surface area contributed by atoms with E-state index in [4.69, 9.17) is 24.1 Å². The van der Waals surface area contributed by atoms with Crippen molar-refractivity contribution < 1.29 is 28.8 Å². The monoisotopic (exact) mass is 518 g/mol. The van der Waals surface area contributed by atoms with Crippen molar-refractivity contribution in [1.82, 2.24) is 0 Å². The maximum atomic E-state index is 10.8. The Morgan fingerprint density at radius 3 is 2.43 bits per heavy atom. The average Bonchev–Trinajstić information content (AvgIpc) is 3.23. The molecule has 0 bridgehead atoms. The number of carboxylic acids is 1. The summed E-state index contributed by atoms with van der Waals surface area (Å²) < 4.78 is 25.6. The van der Waals surface area contributed by atoms with Gasteiger partial charge in [-0.3, -0.25) is 4.79 Å². The van der Waals surface area contributed by atoms with Crippen molar-refractivity contribution in [2.75, 3.05) is 19.8 Å². The molecule has 0 aromatic carbocycles. The highest BCUT2D eigenvalue weighted by atomic mass is 16.7. The molecule has 6 heteroatoms. The zero-order chi connectivity index (χ0) is 26.1. The fraction of sp³-hybridized carbons (Fsp3) is 0.839. The maximum absolute atomic E-state index is 10.8. The molecule has 2 saturated heterocycles. The van der Waals surface area contributed by atoms with E-state index in [-0.39, 0.29) is 30.1 Å². The molecule has 0 amide bonds. The van der Waals surface area contributed by atoms with Gasteiger partial charge in [-0.15, -0.1) is 0 Å². The van der Waals surface area contributed by atoms with Gasteiger partial charge in [-0.1, -0.05) is 57.4 Å². The lowest BCUT2D eigenvalue weighted by molar-refractivity contribution is -0.316. The van der Waals surface area contributed by atoms with Gasteiger partial charge in [-0.05, 0) is 69.6 Å². The quantitative estimate of drug-likeness (QED) is 0.296. The van der Waals surface area contributed by atoms with E-state index in [2.05, 4.69) is 32.1 Å². The highest BCUT2D eigenvalue weighted by Gasteiger charge is 2.52. The van der Waals surface area contributed by atoms with Crippen LogP contribution in [0.15, 0.2) is 24.3 Å². The summed E-state index contributed by atoms with van der Waals surface area (Å²) in [6.45, 7) is 6.66. The number of carboxylic acid groups (broad SMARTS) is 1. The van der Waals surface area contributed by atoms with Crippen LogP contribution in [0, 0.1) is 23.2 Å². The summed E-state index contributed by atoms with van der Waals surface area (Å²) in [4.78, 5) is 10.8. The van der Waals surface area contributed by atoms with E-state index < -0.39 is 11.8 Å². The van der Waals surface area contributed by atoms with E-state index in [0.717, 1.165) is 58.3 Å². The third kappa shape index (κ3) is 8.39. The van der Waals surface area contributed by atoms with Gasteiger partial charge in [0.25, 0.3) is 0 Å². The van der Waals surface area contributed by atoms with Crippen molar-refractivity contribution in [3.8, 4) is 0 Å². The van der Waals surface area contributed by atoms with Crippen LogP contribution >= 0.6 is 0 Å². The lowest BCUT2D eigenvalue weighted by Crippen LogP contribution is -2.50. The van der Waals surface area contributed by atoms with Crippen LogP contribution in [0.4, 0.5) is 0 Å². The van der Waals surface area contributed by atoms with Gasteiger partial charge < -0.3 is 24.1 Å². The molecule has 2 aliphatic heterocycles. The molecular formula is C31H50O6. The molecule has 2 saturated carbocycles. The Labute approximate surface area is 224 Å². The summed E-state index contributed by atoms with van der Waals surface area (Å²) in [7, 11) is 0. The first-order valence-corrected chi connectivity index (χ1v) is 15.0.